The molecule has 0 aromatic heterocycles. The van der Waals surface area contributed by atoms with Crippen molar-refractivity contribution in [3.8, 4) is 0 Å². The van der Waals surface area contributed by atoms with Gasteiger partial charge in [-0.05, 0) is 43.5 Å². The van der Waals surface area contributed by atoms with Crippen molar-refractivity contribution in [3.05, 3.63) is 24.3 Å². The quantitative estimate of drug-likeness (QED) is 0.788. The molecule has 0 bridgehead atoms. The van der Waals surface area contributed by atoms with Gasteiger partial charge in [0.1, 0.15) is 0 Å². The Morgan fingerprint density at radius 2 is 1.86 bits per heavy atom. The van der Waals surface area contributed by atoms with E-state index in [1.807, 2.05) is 7.05 Å². The topological polar surface area (TPSA) is 15.3 Å². The van der Waals surface area contributed by atoms with Crippen LogP contribution in [-0.2, 0) is 0 Å². The van der Waals surface area contributed by atoms with E-state index in [1.54, 1.807) is 0 Å². The number of rotatable bonds is 3. The lowest BCUT2D eigenvalue weighted by Crippen LogP contribution is -2.36. The largest absolute Gasteiger partial charge is 0.388 e. The van der Waals surface area contributed by atoms with Crippen molar-refractivity contribution in [2.75, 3.05) is 24.3 Å². The van der Waals surface area contributed by atoms with Crippen molar-refractivity contribution in [1.82, 2.24) is 0 Å². The standard InChI is InChI=1S/C12H18N2/c1-13-10-6-8-12(9-7-10)14(2)11-4-3-5-11/h6-9,11,13H,3-5H2,1-2H3. The maximum absolute atomic E-state index is 3.13. The van der Waals surface area contributed by atoms with Gasteiger partial charge >= 0.3 is 0 Å². The Morgan fingerprint density at radius 3 is 2.29 bits per heavy atom. The summed E-state index contributed by atoms with van der Waals surface area (Å²) in [5.74, 6) is 0. The van der Waals surface area contributed by atoms with Crippen LogP contribution in [0.1, 0.15) is 19.3 Å². The van der Waals surface area contributed by atoms with Gasteiger partial charge in [-0.25, -0.2) is 0 Å². The van der Waals surface area contributed by atoms with Gasteiger partial charge in [0, 0.05) is 31.5 Å². The lowest BCUT2D eigenvalue weighted by molar-refractivity contribution is 0.401. The van der Waals surface area contributed by atoms with Gasteiger partial charge in [-0.3, -0.25) is 0 Å². The lowest BCUT2D eigenvalue weighted by atomic mass is 9.91. The number of benzene rings is 1. The highest BCUT2D eigenvalue weighted by Gasteiger charge is 2.21. The average molecular weight is 190 g/mol. The van der Waals surface area contributed by atoms with Crippen LogP contribution >= 0.6 is 0 Å². The van der Waals surface area contributed by atoms with E-state index < -0.39 is 0 Å². The van der Waals surface area contributed by atoms with Gasteiger partial charge in [0.2, 0.25) is 0 Å². The van der Waals surface area contributed by atoms with Crippen molar-refractivity contribution in [1.29, 1.82) is 0 Å². The van der Waals surface area contributed by atoms with Crippen molar-refractivity contribution in [2.45, 2.75) is 25.3 Å². The Hall–Kier alpha value is -1.18. The van der Waals surface area contributed by atoms with Crippen LogP contribution < -0.4 is 10.2 Å². The molecular weight excluding hydrogens is 172 g/mol. The van der Waals surface area contributed by atoms with E-state index in [0.29, 0.717) is 0 Å². The highest BCUT2D eigenvalue weighted by atomic mass is 15.1. The van der Waals surface area contributed by atoms with Gasteiger partial charge in [0.15, 0.2) is 0 Å². The van der Waals surface area contributed by atoms with Gasteiger partial charge < -0.3 is 10.2 Å². The lowest BCUT2D eigenvalue weighted by Gasteiger charge is -2.36. The van der Waals surface area contributed by atoms with Crippen LogP contribution in [-0.4, -0.2) is 20.1 Å². The number of nitrogens with one attached hydrogen (secondary N) is 1. The van der Waals surface area contributed by atoms with Crippen molar-refractivity contribution in [2.24, 2.45) is 0 Å². The van der Waals surface area contributed by atoms with Crippen LogP contribution in [0.3, 0.4) is 0 Å². The molecule has 0 radical (unpaired) electrons. The second-order valence-electron chi connectivity index (χ2n) is 3.99. The van der Waals surface area contributed by atoms with E-state index in [1.165, 1.54) is 30.6 Å². The summed E-state index contributed by atoms with van der Waals surface area (Å²) < 4.78 is 0. The molecule has 1 aromatic rings. The van der Waals surface area contributed by atoms with Gasteiger partial charge in [-0.2, -0.15) is 0 Å². The van der Waals surface area contributed by atoms with E-state index in [9.17, 15) is 0 Å². The Morgan fingerprint density at radius 1 is 1.21 bits per heavy atom. The van der Waals surface area contributed by atoms with Crippen molar-refractivity contribution < 1.29 is 0 Å². The van der Waals surface area contributed by atoms with E-state index in [2.05, 4.69) is 41.5 Å². The molecule has 1 fully saturated rings. The third-order valence-corrected chi connectivity index (χ3v) is 3.19. The molecule has 0 heterocycles. The summed E-state index contributed by atoms with van der Waals surface area (Å²) in [7, 11) is 4.14. The molecule has 2 heteroatoms. The first-order valence-electron chi connectivity index (χ1n) is 5.32. The summed E-state index contributed by atoms with van der Waals surface area (Å²) in [4.78, 5) is 2.39. The van der Waals surface area contributed by atoms with Crippen LogP contribution in [0.25, 0.3) is 0 Å². The Balaban J connectivity index is 2.07. The minimum absolute atomic E-state index is 0.774. The van der Waals surface area contributed by atoms with E-state index in [4.69, 9.17) is 0 Å². The summed E-state index contributed by atoms with van der Waals surface area (Å²) in [6, 6.07) is 9.40. The maximum atomic E-state index is 3.13. The summed E-state index contributed by atoms with van der Waals surface area (Å²) >= 11 is 0. The fourth-order valence-corrected chi connectivity index (χ4v) is 1.85. The monoisotopic (exact) mass is 190 g/mol. The van der Waals surface area contributed by atoms with Crippen LogP contribution in [0, 0.1) is 0 Å². The molecule has 0 saturated heterocycles. The Bertz CT molecular complexity index is 288. The number of hydrogen-bond donors (Lipinski definition) is 1. The van der Waals surface area contributed by atoms with Gasteiger partial charge in [0.05, 0.1) is 0 Å². The number of nitrogens with zero attached hydrogens (tertiary/aromatic N) is 1. The molecule has 0 spiro atoms. The smallest absolute Gasteiger partial charge is 0.0367 e. The first-order chi connectivity index (χ1) is 6.81. The van der Waals surface area contributed by atoms with Crippen molar-refractivity contribution >= 4 is 11.4 Å². The zero-order chi connectivity index (χ0) is 9.97. The second-order valence-corrected chi connectivity index (χ2v) is 3.99. The molecule has 2 nitrogen and oxygen atoms in total. The molecule has 1 aliphatic carbocycles. The molecule has 1 N–H and O–H groups in total. The SMILES string of the molecule is CNc1ccc(N(C)C2CCC2)cc1. The number of hydrogen-bond acceptors (Lipinski definition) is 2. The highest BCUT2D eigenvalue weighted by Crippen LogP contribution is 2.28. The Kier molecular flexibility index (Phi) is 2.62. The first kappa shape index (κ1) is 9.38. The molecule has 1 aliphatic rings. The fraction of sp³-hybridized carbons (Fsp3) is 0.500. The van der Waals surface area contributed by atoms with Crippen LogP contribution in [0.5, 0.6) is 0 Å². The molecule has 0 atom stereocenters. The number of anilines is 2. The zero-order valence-corrected chi connectivity index (χ0v) is 8.96. The summed E-state index contributed by atoms with van der Waals surface area (Å²) in [5, 5.41) is 3.13. The summed E-state index contributed by atoms with van der Waals surface area (Å²) in [6.45, 7) is 0. The minimum atomic E-state index is 0.774. The predicted octanol–water partition coefficient (Wildman–Crippen LogP) is 2.72. The van der Waals surface area contributed by atoms with E-state index >= 15 is 0 Å². The molecule has 2 rings (SSSR count). The molecule has 0 aliphatic heterocycles. The van der Waals surface area contributed by atoms with Crippen LogP contribution in [0.4, 0.5) is 11.4 Å². The molecule has 76 valence electrons. The maximum Gasteiger partial charge on any atom is 0.0367 e. The van der Waals surface area contributed by atoms with Crippen molar-refractivity contribution in [3.63, 3.8) is 0 Å². The molecule has 0 unspecified atom stereocenters. The molecule has 14 heavy (non-hydrogen) atoms. The van der Waals surface area contributed by atoms with Gasteiger partial charge in [-0.1, -0.05) is 0 Å². The normalized spacial score (nSPS) is 16.1. The predicted molar refractivity (Wildman–Crippen MR) is 62.0 cm³/mol. The molecule has 1 aromatic carbocycles. The van der Waals surface area contributed by atoms with Gasteiger partial charge in [0.25, 0.3) is 0 Å². The molecule has 0 amide bonds. The highest BCUT2D eigenvalue weighted by molar-refractivity contribution is 5.55. The second kappa shape index (κ2) is 3.91. The third kappa shape index (κ3) is 1.69. The minimum Gasteiger partial charge on any atom is -0.388 e. The zero-order valence-electron chi connectivity index (χ0n) is 8.96. The molecule has 1 saturated carbocycles. The Labute approximate surface area is 85.9 Å². The fourth-order valence-electron chi connectivity index (χ4n) is 1.85. The van der Waals surface area contributed by atoms with Crippen LogP contribution in [0.2, 0.25) is 0 Å². The average Bonchev–Trinajstić information content (AvgIpc) is 2.15. The summed E-state index contributed by atoms with van der Waals surface area (Å²) in [5.41, 5.74) is 2.50. The van der Waals surface area contributed by atoms with E-state index in [0.717, 1.165) is 6.04 Å². The summed E-state index contributed by atoms with van der Waals surface area (Å²) in [6.07, 6.45) is 4.10. The van der Waals surface area contributed by atoms with E-state index in [-0.39, 0.29) is 0 Å². The third-order valence-electron chi connectivity index (χ3n) is 3.19. The van der Waals surface area contributed by atoms with Gasteiger partial charge in [-0.15, -0.1) is 0 Å². The van der Waals surface area contributed by atoms with Crippen LogP contribution in [0.15, 0.2) is 24.3 Å². The first-order valence-corrected chi connectivity index (χ1v) is 5.32. The molecular formula is C12H18N2.